The minimum absolute atomic E-state index is 0.0284. The van der Waals surface area contributed by atoms with Gasteiger partial charge in [0.25, 0.3) is 0 Å². The van der Waals surface area contributed by atoms with Crippen LogP contribution in [-0.2, 0) is 15.0 Å². The second-order valence-corrected chi connectivity index (χ2v) is 10.0. The molecule has 3 fully saturated rings. The molecule has 1 saturated carbocycles. The van der Waals surface area contributed by atoms with E-state index in [1.54, 1.807) is 24.3 Å². The van der Waals surface area contributed by atoms with Crippen molar-refractivity contribution < 1.29 is 18.4 Å². The molecular weight excluding hydrogens is 422 g/mol. The molecule has 2 saturated heterocycles. The van der Waals surface area contributed by atoms with Crippen molar-refractivity contribution in [3.05, 3.63) is 71.3 Å². The molecule has 2 heterocycles. The van der Waals surface area contributed by atoms with E-state index in [1.165, 1.54) is 18.2 Å². The zero-order valence-electron chi connectivity index (χ0n) is 18.8. The highest BCUT2D eigenvalue weighted by Gasteiger charge is 2.50. The van der Waals surface area contributed by atoms with Gasteiger partial charge in [-0.2, -0.15) is 0 Å². The maximum Gasteiger partial charge on any atom is 0.233 e. The summed E-state index contributed by atoms with van der Waals surface area (Å²) >= 11 is 0. The average Bonchev–Trinajstić information content (AvgIpc) is 3.31. The van der Waals surface area contributed by atoms with Crippen LogP contribution in [0.15, 0.2) is 48.5 Å². The summed E-state index contributed by atoms with van der Waals surface area (Å²) in [5.74, 6) is -0.376. The molecule has 4 nitrogen and oxygen atoms in total. The molecule has 2 aromatic carbocycles. The topological polar surface area (TPSA) is 49.4 Å². The minimum Gasteiger partial charge on any atom is -0.355 e. The fourth-order valence-corrected chi connectivity index (χ4v) is 6.49. The van der Waals surface area contributed by atoms with Crippen LogP contribution in [0, 0.1) is 17.0 Å². The summed E-state index contributed by atoms with van der Waals surface area (Å²) in [6.07, 6.45) is 5.38. The van der Waals surface area contributed by atoms with Crippen LogP contribution in [0.3, 0.4) is 0 Å². The third-order valence-electron chi connectivity index (χ3n) is 8.32. The lowest BCUT2D eigenvalue weighted by atomic mass is 9.62. The highest BCUT2D eigenvalue weighted by atomic mass is 19.1. The van der Waals surface area contributed by atoms with Gasteiger partial charge in [0.15, 0.2) is 0 Å². The SMILES string of the molecule is O=C1CC2(CCN(C(=O)C3(c4ccc(F)cc4)CCCC3)CC2)C(c2cccc(F)c2)CN1. The second-order valence-electron chi connectivity index (χ2n) is 10.0. The van der Waals surface area contributed by atoms with Crippen molar-refractivity contribution in [1.82, 2.24) is 10.2 Å². The number of halogens is 2. The van der Waals surface area contributed by atoms with Crippen LogP contribution in [0.1, 0.15) is 62.0 Å². The van der Waals surface area contributed by atoms with Crippen LogP contribution in [-0.4, -0.2) is 36.3 Å². The summed E-state index contributed by atoms with van der Waals surface area (Å²) < 4.78 is 27.5. The van der Waals surface area contributed by atoms with Crippen LogP contribution in [0.2, 0.25) is 0 Å². The number of rotatable bonds is 3. The summed E-state index contributed by atoms with van der Waals surface area (Å²) in [6.45, 7) is 1.66. The number of nitrogens with zero attached hydrogens (tertiary/aromatic N) is 1. The number of benzene rings is 2. The fraction of sp³-hybridized carbons (Fsp3) is 0.481. The van der Waals surface area contributed by atoms with Crippen molar-refractivity contribution in [3.8, 4) is 0 Å². The summed E-state index contributed by atoms with van der Waals surface area (Å²) in [7, 11) is 0. The predicted octanol–water partition coefficient (Wildman–Crippen LogP) is 4.69. The molecule has 1 N–H and O–H groups in total. The maximum absolute atomic E-state index is 14.0. The van der Waals surface area contributed by atoms with Crippen LogP contribution in [0.4, 0.5) is 8.78 Å². The van der Waals surface area contributed by atoms with Crippen molar-refractivity contribution in [1.29, 1.82) is 0 Å². The summed E-state index contributed by atoms with van der Waals surface area (Å²) in [4.78, 5) is 28.2. The third-order valence-corrected chi connectivity index (χ3v) is 8.32. The van der Waals surface area contributed by atoms with Gasteiger partial charge >= 0.3 is 0 Å². The molecule has 0 bridgehead atoms. The molecule has 2 aliphatic heterocycles. The number of carbonyl (C=O) groups is 2. The van der Waals surface area contributed by atoms with E-state index >= 15 is 0 Å². The van der Waals surface area contributed by atoms with Crippen molar-refractivity contribution in [3.63, 3.8) is 0 Å². The van der Waals surface area contributed by atoms with Crippen LogP contribution < -0.4 is 5.32 Å². The number of hydrogen-bond donors (Lipinski definition) is 1. The first-order valence-electron chi connectivity index (χ1n) is 12.0. The fourth-order valence-electron chi connectivity index (χ4n) is 6.49. The molecule has 2 amide bonds. The predicted molar refractivity (Wildman–Crippen MR) is 122 cm³/mol. The lowest BCUT2D eigenvalue weighted by Crippen LogP contribution is -2.55. The van der Waals surface area contributed by atoms with Crippen molar-refractivity contribution in [2.24, 2.45) is 5.41 Å². The first-order valence-corrected chi connectivity index (χ1v) is 12.0. The van der Waals surface area contributed by atoms with Crippen LogP contribution >= 0.6 is 0 Å². The zero-order chi connectivity index (χ0) is 23.1. The smallest absolute Gasteiger partial charge is 0.233 e. The Morgan fingerprint density at radius 2 is 1.64 bits per heavy atom. The molecule has 0 aromatic heterocycles. The molecule has 1 atom stereocenters. The minimum atomic E-state index is -0.579. The van der Waals surface area contributed by atoms with E-state index in [2.05, 4.69) is 5.32 Å². The van der Waals surface area contributed by atoms with E-state index in [0.29, 0.717) is 38.9 Å². The number of piperidine rings is 2. The quantitative estimate of drug-likeness (QED) is 0.735. The Balaban J connectivity index is 1.38. The normalized spacial score (nSPS) is 24.0. The molecule has 1 unspecified atom stereocenters. The molecule has 6 heteroatoms. The van der Waals surface area contributed by atoms with Gasteiger partial charge in [-0.25, -0.2) is 8.78 Å². The maximum atomic E-state index is 14.0. The van der Waals surface area contributed by atoms with Crippen LogP contribution in [0.5, 0.6) is 0 Å². The van der Waals surface area contributed by atoms with Gasteiger partial charge in [-0.15, -0.1) is 0 Å². The standard InChI is InChI=1S/C27H30F2N2O2/c28-21-8-6-20(7-9-21)27(10-1-2-11-27)25(33)31-14-12-26(13-15-31)17-24(32)30-18-23(26)19-4-3-5-22(29)16-19/h3-9,16,23H,1-2,10-15,17-18H2,(H,30,32). The molecule has 5 rings (SSSR count). The second kappa shape index (κ2) is 8.54. The average molecular weight is 453 g/mol. The highest BCUT2D eigenvalue weighted by Crippen LogP contribution is 2.50. The lowest BCUT2D eigenvalue weighted by Gasteiger charge is -2.50. The van der Waals surface area contributed by atoms with E-state index < -0.39 is 5.41 Å². The van der Waals surface area contributed by atoms with E-state index in [-0.39, 0.29) is 34.8 Å². The Kier molecular flexibility index (Phi) is 5.71. The molecule has 1 spiro atoms. The number of likely N-dealkylation sites (tertiary alicyclic amines) is 1. The van der Waals surface area contributed by atoms with E-state index in [9.17, 15) is 18.4 Å². The molecule has 33 heavy (non-hydrogen) atoms. The van der Waals surface area contributed by atoms with Gasteiger partial charge in [0.05, 0.1) is 5.41 Å². The lowest BCUT2D eigenvalue weighted by molar-refractivity contribution is -0.141. The van der Waals surface area contributed by atoms with Gasteiger partial charge in [0.1, 0.15) is 11.6 Å². The summed E-state index contributed by atoms with van der Waals surface area (Å²) in [5.41, 5.74) is 0.963. The van der Waals surface area contributed by atoms with Crippen molar-refractivity contribution in [2.75, 3.05) is 19.6 Å². The van der Waals surface area contributed by atoms with E-state index in [0.717, 1.165) is 36.8 Å². The van der Waals surface area contributed by atoms with Gasteiger partial charge in [-0.05, 0) is 66.5 Å². The van der Waals surface area contributed by atoms with Gasteiger partial charge in [-0.1, -0.05) is 37.1 Å². The van der Waals surface area contributed by atoms with Crippen LogP contribution in [0.25, 0.3) is 0 Å². The Labute approximate surface area is 193 Å². The number of hydrogen-bond acceptors (Lipinski definition) is 2. The van der Waals surface area contributed by atoms with Crippen molar-refractivity contribution in [2.45, 2.75) is 56.3 Å². The molecule has 2 aromatic rings. The Bertz CT molecular complexity index is 1040. The van der Waals surface area contributed by atoms with E-state index in [1.807, 2.05) is 11.0 Å². The first-order chi connectivity index (χ1) is 15.9. The van der Waals surface area contributed by atoms with E-state index in [4.69, 9.17) is 0 Å². The number of amides is 2. The molecule has 174 valence electrons. The van der Waals surface area contributed by atoms with Gasteiger partial charge < -0.3 is 10.2 Å². The Morgan fingerprint density at radius 1 is 0.939 bits per heavy atom. The van der Waals surface area contributed by atoms with Gasteiger partial charge in [0, 0.05) is 32.0 Å². The number of nitrogens with one attached hydrogen (secondary N) is 1. The zero-order valence-corrected chi connectivity index (χ0v) is 18.8. The van der Waals surface area contributed by atoms with Gasteiger partial charge in [0.2, 0.25) is 11.8 Å². The summed E-state index contributed by atoms with van der Waals surface area (Å²) in [5, 5.41) is 2.96. The monoisotopic (exact) mass is 452 g/mol. The van der Waals surface area contributed by atoms with Gasteiger partial charge in [-0.3, -0.25) is 9.59 Å². The first kappa shape index (κ1) is 22.1. The Hall–Kier alpha value is -2.76. The largest absolute Gasteiger partial charge is 0.355 e. The Morgan fingerprint density at radius 3 is 2.30 bits per heavy atom. The molecule has 1 aliphatic carbocycles. The summed E-state index contributed by atoms with van der Waals surface area (Å²) in [6, 6.07) is 13.1. The number of carbonyl (C=O) groups excluding carboxylic acids is 2. The molecular formula is C27H30F2N2O2. The molecule has 0 radical (unpaired) electrons. The molecule has 3 aliphatic rings. The van der Waals surface area contributed by atoms with Crippen molar-refractivity contribution >= 4 is 11.8 Å². The highest BCUT2D eigenvalue weighted by molar-refractivity contribution is 5.89. The third kappa shape index (κ3) is 3.94.